The van der Waals surface area contributed by atoms with E-state index >= 15 is 0 Å². The molecule has 0 aromatic heterocycles. The van der Waals surface area contributed by atoms with Crippen LogP contribution in [0, 0.1) is 0 Å². The Morgan fingerprint density at radius 1 is 1.00 bits per heavy atom. The molecule has 2 rings (SSSR count). The number of carbonyl (C=O) groups excluding carboxylic acids is 3. The summed E-state index contributed by atoms with van der Waals surface area (Å²) in [5.74, 6) is -0.517. The quantitative estimate of drug-likeness (QED) is 0.187. The van der Waals surface area contributed by atoms with Gasteiger partial charge in [0.05, 0.1) is 24.1 Å². The Morgan fingerprint density at radius 3 is 2.32 bits per heavy atom. The van der Waals surface area contributed by atoms with E-state index < -0.39 is 12.0 Å². The number of piperazine rings is 1. The molecule has 1 saturated heterocycles. The number of benzene rings is 1. The summed E-state index contributed by atoms with van der Waals surface area (Å²) < 4.78 is 16.6. The van der Waals surface area contributed by atoms with Gasteiger partial charge in [-0.3, -0.25) is 14.4 Å². The molecule has 1 heterocycles. The number of nitrogens with zero attached hydrogens (tertiary/aromatic N) is 1. The van der Waals surface area contributed by atoms with E-state index in [2.05, 4.69) is 28.2 Å². The Bertz CT molecular complexity index is 850. The summed E-state index contributed by atoms with van der Waals surface area (Å²) in [5.41, 5.74) is 0.407. The number of nitrogens with one attached hydrogen (secondary N) is 1. The van der Waals surface area contributed by atoms with Crippen LogP contribution in [0.3, 0.4) is 0 Å². The lowest BCUT2D eigenvalue weighted by atomic mass is 10.1. The van der Waals surface area contributed by atoms with Crippen LogP contribution in [0.15, 0.2) is 22.7 Å². The molecule has 37 heavy (non-hydrogen) atoms. The molecule has 1 aromatic carbocycles. The zero-order chi connectivity index (χ0) is 26.9. The fourth-order valence-corrected chi connectivity index (χ4v) is 4.80. The van der Waals surface area contributed by atoms with Crippen molar-refractivity contribution >= 4 is 33.7 Å². The van der Waals surface area contributed by atoms with E-state index in [0.29, 0.717) is 48.7 Å². The fourth-order valence-electron chi connectivity index (χ4n) is 4.30. The maximum absolute atomic E-state index is 13.2. The lowest BCUT2D eigenvalue weighted by Crippen LogP contribution is -2.57. The van der Waals surface area contributed by atoms with Crippen LogP contribution in [0.1, 0.15) is 87.9 Å². The monoisotopic (exact) mass is 582 g/mol. The van der Waals surface area contributed by atoms with E-state index in [1.54, 1.807) is 25.3 Å². The molecule has 0 bridgehead atoms. The first-order valence-corrected chi connectivity index (χ1v) is 14.4. The number of rotatable bonds is 18. The average molecular weight is 584 g/mol. The molecule has 1 N–H and O–H groups in total. The molecular weight excluding hydrogens is 540 g/mol. The highest BCUT2D eigenvalue weighted by Crippen LogP contribution is 2.27. The van der Waals surface area contributed by atoms with Crippen LogP contribution in [0.5, 0.6) is 5.75 Å². The Kier molecular flexibility index (Phi) is 15.3. The Balaban J connectivity index is 1.77. The van der Waals surface area contributed by atoms with E-state index in [1.807, 2.05) is 0 Å². The summed E-state index contributed by atoms with van der Waals surface area (Å²) >= 11 is 3.44. The number of methoxy groups -OCH3 is 1. The highest BCUT2D eigenvalue weighted by atomic mass is 79.9. The van der Waals surface area contributed by atoms with Crippen LogP contribution in [-0.2, 0) is 19.1 Å². The molecule has 8 nitrogen and oxygen atoms in total. The molecule has 1 fully saturated rings. The van der Waals surface area contributed by atoms with Gasteiger partial charge in [-0.25, -0.2) is 0 Å². The maximum atomic E-state index is 13.2. The minimum absolute atomic E-state index is 0.158. The summed E-state index contributed by atoms with van der Waals surface area (Å²) in [6.45, 7) is 4.08. The average Bonchev–Trinajstić information content (AvgIpc) is 2.89. The lowest BCUT2D eigenvalue weighted by molar-refractivity contribution is -0.147. The van der Waals surface area contributed by atoms with E-state index in [-0.39, 0.29) is 18.2 Å². The van der Waals surface area contributed by atoms with Crippen molar-refractivity contribution in [2.45, 2.75) is 83.6 Å². The molecule has 0 radical (unpaired) electrons. The molecule has 9 heteroatoms. The highest BCUT2D eigenvalue weighted by molar-refractivity contribution is 9.10. The Labute approximate surface area is 229 Å². The number of unbranched alkanes of at least 4 members (excludes halogenated alkanes) is 9. The van der Waals surface area contributed by atoms with Gasteiger partial charge in [0.25, 0.3) is 5.91 Å². The van der Waals surface area contributed by atoms with Gasteiger partial charge in [0, 0.05) is 25.8 Å². The van der Waals surface area contributed by atoms with Crippen LogP contribution < -0.4 is 10.1 Å². The van der Waals surface area contributed by atoms with Crippen LogP contribution in [0.4, 0.5) is 0 Å². The Hall–Kier alpha value is -2.13. The number of carbonyl (C=O) groups is 3. The molecule has 1 aliphatic heterocycles. The first kappa shape index (κ1) is 31.1. The van der Waals surface area contributed by atoms with Crippen molar-refractivity contribution in [2.75, 3.05) is 40.0 Å². The van der Waals surface area contributed by atoms with Gasteiger partial charge < -0.3 is 24.4 Å². The van der Waals surface area contributed by atoms with Crippen LogP contribution >= 0.6 is 15.9 Å². The zero-order valence-electron chi connectivity index (χ0n) is 22.4. The molecule has 1 aliphatic rings. The molecule has 0 aliphatic carbocycles. The van der Waals surface area contributed by atoms with Gasteiger partial charge in [0.15, 0.2) is 0 Å². The largest absolute Gasteiger partial charge is 0.490 e. The van der Waals surface area contributed by atoms with Crippen molar-refractivity contribution in [2.24, 2.45) is 0 Å². The molecule has 1 unspecified atom stereocenters. The second-order valence-electron chi connectivity index (χ2n) is 9.40. The standard InChI is InChI=1S/C28H43BrN2O6/c1-3-4-5-6-7-8-9-10-11-12-17-37-26(32)21-24-27(33)30-15-16-31(24)28(34)22-13-14-25(23(29)20-22)36-19-18-35-2/h13-14,20,24H,3-12,15-19,21H2,1-2H3,(H,30,33). The SMILES string of the molecule is CCCCCCCCCCCCOC(=O)CC1C(=O)NCCN1C(=O)c1ccc(OCCOC)c(Br)c1. The van der Waals surface area contributed by atoms with Gasteiger partial charge >= 0.3 is 5.97 Å². The molecular formula is C28H43BrN2O6. The number of halogens is 1. The maximum Gasteiger partial charge on any atom is 0.308 e. The smallest absolute Gasteiger partial charge is 0.308 e. The van der Waals surface area contributed by atoms with Crippen molar-refractivity contribution in [3.63, 3.8) is 0 Å². The predicted molar refractivity (Wildman–Crippen MR) is 147 cm³/mol. The van der Waals surface area contributed by atoms with Crippen LogP contribution in [-0.4, -0.2) is 68.7 Å². The molecule has 0 spiro atoms. The van der Waals surface area contributed by atoms with Gasteiger partial charge in [-0.05, 0) is 40.5 Å². The molecule has 1 atom stereocenters. The highest BCUT2D eigenvalue weighted by Gasteiger charge is 2.35. The summed E-state index contributed by atoms with van der Waals surface area (Å²) in [5, 5.41) is 2.75. The first-order valence-electron chi connectivity index (χ1n) is 13.6. The molecule has 0 saturated carbocycles. The first-order chi connectivity index (χ1) is 18.0. The third-order valence-electron chi connectivity index (χ3n) is 6.44. The van der Waals surface area contributed by atoms with E-state index in [0.717, 1.165) is 19.3 Å². The van der Waals surface area contributed by atoms with Crippen LogP contribution in [0.25, 0.3) is 0 Å². The third-order valence-corrected chi connectivity index (χ3v) is 7.06. The lowest BCUT2D eigenvalue weighted by Gasteiger charge is -2.34. The van der Waals surface area contributed by atoms with Gasteiger partial charge in [-0.15, -0.1) is 0 Å². The van der Waals surface area contributed by atoms with Crippen molar-refractivity contribution in [3.05, 3.63) is 28.2 Å². The number of hydrogen-bond acceptors (Lipinski definition) is 6. The number of esters is 1. The Morgan fingerprint density at radius 2 is 1.68 bits per heavy atom. The molecule has 2 amide bonds. The number of ether oxygens (including phenoxy) is 3. The second-order valence-corrected chi connectivity index (χ2v) is 10.3. The topological polar surface area (TPSA) is 94.2 Å². The number of amides is 2. The molecule has 1 aromatic rings. The predicted octanol–water partition coefficient (Wildman–Crippen LogP) is 5.27. The van der Waals surface area contributed by atoms with Gasteiger partial charge in [-0.1, -0.05) is 64.7 Å². The van der Waals surface area contributed by atoms with Crippen molar-refractivity contribution in [3.8, 4) is 5.75 Å². The van der Waals surface area contributed by atoms with Crippen molar-refractivity contribution in [1.29, 1.82) is 0 Å². The normalized spacial score (nSPS) is 15.4. The summed E-state index contributed by atoms with van der Waals surface area (Å²) in [6.07, 6.45) is 11.9. The fraction of sp³-hybridized carbons (Fsp3) is 0.679. The minimum Gasteiger partial charge on any atom is -0.490 e. The zero-order valence-corrected chi connectivity index (χ0v) is 24.0. The molecule has 208 valence electrons. The van der Waals surface area contributed by atoms with Gasteiger partial charge in [0.2, 0.25) is 5.91 Å². The minimum atomic E-state index is -0.891. The second kappa shape index (κ2) is 18.2. The van der Waals surface area contributed by atoms with Gasteiger partial charge in [0.1, 0.15) is 18.4 Å². The van der Waals surface area contributed by atoms with Crippen molar-refractivity contribution in [1.82, 2.24) is 10.2 Å². The van der Waals surface area contributed by atoms with Crippen molar-refractivity contribution < 1.29 is 28.6 Å². The number of hydrogen-bond donors (Lipinski definition) is 1. The van der Waals surface area contributed by atoms with E-state index in [4.69, 9.17) is 14.2 Å². The van der Waals surface area contributed by atoms with E-state index in [1.165, 1.54) is 49.8 Å². The van der Waals surface area contributed by atoms with Crippen LogP contribution in [0.2, 0.25) is 0 Å². The van der Waals surface area contributed by atoms with E-state index in [9.17, 15) is 14.4 Å². The summed E-state index contributed by atoms with van der Waals surface area (Å²) in [7, 11) is 1.60. The third kappa shape index (κ3) is 11.4. The summed E-state index contributed by atoms with van der Waals surface area (Å²) in [4.78, 5) is 39.7. The summed E-state index contributed by atoms with van der Waals surface area (Å²) in [6, 6.07) is 4.13. The van der Waals surface area contributed by atoms with Gasteiger partial charge in [-0.2, -0.15) is 0 Å².